The molecule has 2 unspecified atom stereocenters. The van der Waals surface area contributed by atoms with Gasteiger partial charge in [0.05, 0.1) is 4.90 Å². The van der Waals surface area contributed by atoms with Crippen LogP contribution in [0.4, 0.5) is 0 Å². The van der Waals surface area contributed by atoms with Gasteiger partial charge in [-0.2, -0.15) is 0 Å². The highest BCUT2D eigenvalue weighted by molar-refractivity contribution is 7.90. The molecule has 1 saturated heterocycles. The van der Waals surface area contributed by atoms with E-state index in [0.29, 0.717) is 17.0 Å². The minimum absolute atomic E-state index is 0.300. The molecule has 2 atom stereocenters. The van der Waals surface area contributed by atoms with E-state index in [0.717, 1.165) is 19.6 Å². The van der Waals surface area contributed by atoms with Crippen molar-refractivity contribution in [3.05, 3.63) is 29.8 Å². The topological polar surface area (TPSA) is 49.4 Å². The van der Waals surface area contributed by atoms with E-state index < -0.39 is 9.84 Å². The second-order valence-corrected chi connectivity index (χ2v) is 7.86. The van der Waals surface area contributed by atoms with Crippen molar-refractivity contribution in [3.63, 3.8) is 0 Å². The van der Waals surface area contributed by atoms with Gasteiger partial charge in [0, 0.05) is 24.9 Å². The van der Waals surface area contributed by atoms with Crippen molar-refractivity contribution < 1.29 is 8.42 Å². The Hall–Kier alpha value is -0.910. The van der Waals surface area contributed by atoms with Crippen LogP contribution < -0.4 is 5.32 Å². The summed E-state index contributed by atoms with van der Waals surface area (Å²) in [5.41, 5.74) is 1.18. The maximum Gasteiger partial charge on any atom is 0.175 e. The molecule has 1 aromatic carbocycles. The molecular formula is C16H26N2O2S. The largest absolute Gasteiger partial charge is 0.315 e. The summed E-state index contributed by atoms with van der Waals surface area (Å²) in [7, 11) is -3.12. The van der Waals surface area contributed by atoms with Crippen LogP contribution in [0.25, 0.3) is 0 Å². The fourth-order valence-corrected chi connectivity index (χ4v) is 3.78. The Bertz CT molecular complexity index is 548. The average Bonchev–Trinajstić information content (AvgIpc) is 2.48. The van der Waals surface area contributed by atoms with E-state index in [1.165, 1.54) is 24.7 Å². The molecule has 21 heavy (non-hydrogen) atoms. The first kappa shape index (κ1) is 16.5. The number of likely N-dealkylation sites (N-methyl/N-ethyl adjacent to an activating group) is 1. The summed E-state index contributed by atoms with van der Waals surface area (Å²) in [6.07, 6.45) is 3.70. The Balaban J connectivity index is 2.15. The Morgan fingerprint density at radius 2 is 2.00 bits per heavy atom. The molecule has 1 aliphatic heterocycles. The van der Waals surface area contributed by atoms with Gasteiger partial charge in [-0.15, -0.1) is 0 Å². The molecule has 0 spiro atoms. The highest BCUT2D eigenvalue weighted by Gasteiger charge is 2.24. The summed E-state index contributed by atoms with van der Waals surface area (Å²) in [5, 5.41) is 3.46. The van der Waals surface area contributed by atoms with Crippen LogP contribution in [0, 0.1) is 0 Å². The molecule has 0 saturated carbocycles. The maximum absolute atomic E-state index is 11.5. The summed E-state index contributed by atoms with van der Waals surface area (Å²) in [5.74, 6) is 0. The number of rotatable bonds is 5. The van der Waals surface area contributed by atoms with Crippen molar-refractivity contribution in [2.75, 3.05) is 25.9 Å². The SMILES string of the molecule is CCN(C1CCCNC1)C(C)c1ccc(S(C)(=O)=O)cc1. The molecule has 0 amide bonds. The number of nitrogens with one attached hydrogen (secondary N) is 1. The van der Waals surface area contributed by atoms with Gasteiger partial charge in [0.25, 0.3) is 0 Å². The molecule has 118 valence electrons. The molecule has 1 aromatic rings. The highest BCUT2D eigenvalue weighted by Crippen LogP contribution is 2.25. The lowest BCUT2D eigenvalue weighted by molar-refractivity contribution is 0.128. The first-order valence-corrected chi connectivity index (χ1v) is 9.59. The first-order valence-electron chi connectivity index (χ1n) is 7.70. The lowest BCUT2D eigenvalue weighted by atomic mass is 10.0. The first-order chi connectivity index (χ1) is 9.93. The summed E-state index contributed by atoms with van der Waals surface area (Å²) in [6, 6.07) is 8.18. The van der Waals surface area contributed by atoms with Crippen LogP contribution in [-0.4, -0.2) is 45.2 Å². The molecule has 0 bridgehead atoms. The molecule has 0 aromatic heterocycles. The summed E-state index contributed by atoms with van der Waals surface area (Å²) in [4.78, 5) is 2.89. The van der Waals surface area contributed by atoms with E-state index in [4.69, 9.17) is 0 Å². The number of nitrogens with zero attached hydrogens (tertiary/aromatic N) is 1. The van der Waals surface area contributed by atoms with Crippen molar-refractivity contribution >= 4 is 9.84 Å². The Kier molecular flexibility index (Phi) is 5.41. The van der Waals surface area contributed by atoms with Gasteiger partial charge >= 0.3 is 0 Å². The zero-order chi connectivity index (χ0) is 15.5. The zero-order valence-corrected chi connectivity index (χ0v) is 14.0. The van der Waals surface area contributed by atoms with Crippen molar-refractivity contribution in [1.29, 1.82) is 0 Å². The van der Waals surface area contributed by atoms with Gasteiger partial charge < -0.3 is 5.32 Å². The lowest BCUT2D eigenvalue weighted by Gasteiger charge is -2.38. The molecule has 0 aliphatic carbocycles. The minimum atomic E-state index is -3.12. The zero-order valence-electron chi connectivity index (χ0n) is 13.2. The molecule has 1 heterocycles. The fourth-order valence-electron chi connectivity index (χ4n) is 3.15. The molecule has 5 heteroatoms. The van der Waals surface area contributed by atoms with Crippen LogP contribution in [0.5, 0.6) is 0 Å². The van der Waals surface area contributed by atoms with Gasteiger partial charge in [-0.3, -0.25) is 4.90 Å². The van der Waals surface area contributed by atoms with E-state index in [9.17, 15) is 8.42 Å². The molecular weight excluding hydrogens is 284 g/mol. The van der Waals surface area contributed by atoms with Crippen LogP contribution in [-0.2, 0) is 9.84 Å². The summed E-state index contributed by atoms with van der Waals surface area (Å²) < 4.78 is 23.1. The van der Waals surface area contributed by atoms with Gasteiger partial charge in [0.1, 0.15) is 0 Å². The fraction of sp³-hybridized carbons (Fsp3) is 0.625. The van der Waals surface area contributed by atoms with Crippen LogP contribution in [0.15, 0.2) is 29.2 Å². The Labute approximate surface area is 128 Å². The number of piperidine rings is 1. The second kappa shape index (κ2) is 6.90. The van der Waals surface area contributed by atoms with Crippen molar-refractivity contribution in [3.8, 4) is 0 Å². The third kappa shape index (κ3) is 4.05. The predicted octanol–water partition coefficient (Wildman–Crippen LogP) is 2.22. The van der Waals surface area contributed by atoms with Crippen molar-refractivity contribution in [2.24, 2.45) is 0 Å². The monoisotopic (exact) mass is 310 g/mol. The summed E-state index contributed by atoms with van der Waals surface area (Å²) in [6.45, 7) is 7.55. The van der Waals surface area contributed by atoms with Gasteiger partial charge in [0.15, 0.2) is 9.84 Å². The molecule has 4 nitrogen and oxygen atoms in total. The smallest absolute Gasteiger partial charge is 0.175 e. The van der Waals surface area contributed by atoms with Crippen LogP contribution in [0.2, 0.25) is 0 Å². The molecule has 1 N–H and O–H groups in total. The normalized spacial score (nSPS) is 21.4. The van der Waals surface area contributed by atoms with Gasteiger partial charge in [-0.25, -0.2) is 8.42 Å². The number of hydrogen-bond acceptors (Lipinski definition) is 4. The minimum Gasteiger partial charge on any atom is -0.315 e. The second-order valence-electron chi connectivity index (χ2n) is 5.85. The third-order valence-corrected chi connectivity index (χ3v) is 5.52. The van der Waals surface area contributed by atoms with Crippen molar-refractivity contribution in [2.45, 2.75) is 43.7 Å². The van der Waals surface area contributed by atoms with Crippen LogP contribution in [0.3, 0.4) is 0 Å². The van der Waals surface area contributed by atoms with E-state index in [1.54, 1.807) is 12.1 Å². The molecule has 0 radical (unpaired) electrons. The Morgan fingerprint density at radius 1 is 1.33 bits per heavy atom. The third-order valence-electron chi connectivity index (χ3n) is 4.39. The van der Waals surface area contributed by atoms with Gasteiger partial charge in [-0.1, -0.05) is 19.1 Å². The Morgan fingerprint density at radius 3 is 2.48 bits per heavy atom. The quantitative estimate of drug-likeness (QED) is 0.906. The molecule has 2 rings (SSSR count). The standard InChI is InChI=1S/C16H26N2O2S/c1-4-18(15-6-5-11-17-12-15)13(2)14-7-9-16(10-8-14)21(3,19)20/h7-10,13,15,17H,4-6,11-12H2,1-3H3. The van der Waals surface area contributed by atoms with E-state index in [1.807, 2.05) is 12.1 Å². The van der Waals surface area contributed by atoms with Gasteiger partial charge in [-0.05, 0) is 50.6 Å². The number of benzene rings is 1. The van der Waals surface area contributed by atoms with Crippen LogP contribution >= 0.6 is 0 Å². The lowest BCUT2D eigenvalue weighted by Crippen LogP contribution is -2.46. The summed E-state index contributed by atoms with van der Waals surface area (Å²) >= 11 is 0. The molecule has 1 fully saturated rings. The number of sulfone groups is 1. The van der Waals surface area contributed by atoms with Crippen molar-refractivity contribution in [1.82, 2.24) is 10.2 Å². The van der Waals surface area contributed by atoms with E-state index in [-0.39, 0.29) is 0 Å². The van der Waals surface area contributed by atoms with E-state index in [2.05, 4.69) is 24.1 Å². The molecule has 1 aliphatic rings. The van der Waals surface area contributed by atoms with Crippen LogP contribution in [0.1, 0.15) is 38.3 Å². The van der Waals surface area contributed by atoms with E-state index >= 15 is 0 Å². The maximum atomic E-state index is 11.5. The highest BCUT2D eigenvalue weighted by atomic mass is 32.2. The average molecular weight is 310 g/mol. The number of hydrogen-bond donors (Lipinski definition) is 1. The predicted molar refractivity (Wildman–Crippen MR) is 86.2 cm³/mol. The van der Waals surface area contributed by atoms with Gasteiger partial charge in [0.2, 0.25) is 0 Å².